The van der Waals surface area contributed by atoms with Gasteiger partial charge in [-0.25, -0.2) is 0 Å². The molecule has 2 nitrogen and oxygen atoms in total. The van der Waals surface area contributed by atoms with Gasteiger partial charge in [0, 0.05) is 24.1 Å². The Balaban J connectivity index is 1.84. The van der Waals surface area contributed by atoms with Crippen molar-refractivity contribution < 1.29 is 4.42 Å². The van der Waals surface area contributed by atoms with E-state index in [1.165, 1.54) is 43.4 Å². The zero-order valence-electron chi connectivity index (χ0n) is 14.4. The molecule has 21 heavy (non-hydrogen) atoms. The van der Waals surface area contributed by atoms with E-state index in [-0.39, 0.29) is 0 Å². The highest BCUT2D eigenvalue weighted by molar-refractivity contribution is 5.29. The summed E-state index contributed by atoms with van der Waals surface area (Å²) >= 11 is 0. The Morgan fingerprint density at radius 1 is 1.19 bits per heavy atom. The second-order valence-electron chi connectivity index (χ2n) is 8.79. The summed E-state index contributed by atoms with van der Waals surface area (Å²) in [5, 5.41) is 4.01. The van der Waals surface area contributed by atoms with E-state index in [0.717, 1.165) is 12.2 Å². The van der Waals surface area contributed by atoms with E-state index in [0.29, 0.717) is 22.9 Å². The van der Waals surface area contributed by atoms with E-state index in [2.05, 4.69) is 46.0 Å². The van der Waals surface area contributed by atoms with Crippen molar-refractivity contribution >= 4 is 0 Å². The van der Waals surface area contributed by atoms with Crippen molar-refractivity contribution in [2.24, 2.45) is 10.8 Å². The van der Waals surface area contributed by atoms with Gasteiger partial charge in [-0.1, -0.05) is 40.5 Å². The molecule has 2 atom stereocenters. The Labute approximate surface area is 129 Å². The normalized spacial score (nSPS) is 30.9. The second kappa shape index (κ2) is 5.15. The minimum absolute atomic E-state index is 0.327. The van der Waals surface area contributed by atoms with Gasteiger partial charge >= 0.3 is 0 Å². The lowest BCUT2D eigenvalue weighted by Gasteiger charge is -2.44. The molecule has 0 spiro atoms. The van der Waals surface area contributed by atoms with Crippen LogP contribution in [0.1, 0.15) is 82.9 Å². The lowest BCUT2D eigenvalue weighted by Crippen LogP contribution is -2.47. The largest absolute Gasteiger partial charge is 0.466 e. The summed E-state index contributed by atoms with van der Waals surface area (Å²) in [4.78, 5) is 0. The maximum absolute atomic E-state index is 5.97. The van der Waals surface area contributed by atoms with Gasteiger partial charge < -0.3 is 9.73 Å². The van der Waals surface area contributed by atoms with Gasteiger partial charge in [-0.15, -0.1) is 0 Å². The number of aryl methyl sites for hydroxylation is 1. The molecule has 3 rings (SSSR count). The zero-order chi connectivity index (χ0) is 15.3. The fourth-order valence-electron chi connectivity index (χ4n) is 4.38. The molecule has 1 N–H and O–H groups in total. The molecular formula is C19H31NO. The van der Waals surface area contributed by atoms with E-state index < -0.39 is 0 Å². The smallest absolute Gasteiger partial charge is 0.109 e. The van der Waals surface area contributed by atoms with E-state index in [9.17, 15) is 0 Å². The molecular weight excluding hydrogens is 258 g/mol. The molecule has 0 radical (unpaired) electrons. The lowest BCUT2D eigenvalue weighted by atomic mass is 9.71. The molecule has 0 amide bonds. The molecule has 1 aromatic rings. The summed E-state index contributed by atoms with van der Waals surface area (Å²) in [6.45, 7) is 11.7. The van der Waals surface area contributed by atoms with Crippen molar-refractivity contribution in [2.45, 2.75) is 85.2 Å². The van der Waals surface area contributed by atoms with Gasteiger partial charge in [-0.05, 0) is 43.1 Å². The first-order chi connectivity index (χ1) is 9.77. The van der Waals surface area contributed by atoms with Crippen LogP contribution in [0.5, 0.6) is 0 Å². The predicted octanol–water partition coefficient (Wildman–Crippen LogP) is 5.16. The third-order valence-corrected chi connectivity index (χ3v) is 5.65. The van der Waals surface area contributed by atoms with Crippen LogP contribution in [0.4, 0.5) is 0 Å². The quantitative estimate of drug-likeness (QED) is 0.813. The van der Waals surface area contributed by atoms with Gasteiger partial charge in [0.15, 0.2) is 0 Å². The molecule has 2 aliphatic rings. The van der Waals surface area contributed by atoms with Crippen molar-refractivity contribution in [3.05, 3.63) is 23.2 Å². The highest BCUT2D eigenvalue weighted by Crippen LogP contribution is 2.44. The standard InChI is InChI=1S/C19H31NO/c1-13-10-14-15(11-18(2,3)12-16(14)21-13)20-17-8-6-7-9-19(17,4)5/h10,15,17,20H,6-9,11-12H2,1-5H3. The van der Waals surface area contributed by atoms with Crippen LogP contribution < -0.4 is 5.32 Å². The molecule has 0 aromatic carbocycles. The molecule has 2 aliphatic carbocycles. The molecule has 1 aromatic heterocycles. The van der Waals surface area contributed by atoms with Crippen LogP contribution in [0.3, 0.4) is 0 Å². The van der Waals surface area contributed by atoms with Crippen LogP contribution >= 0.6 is 0 Å². The second-order valence-corrected chi connectivity index (χ2v) is 8.79. The van der Waals surface area contributed by atoms with Crippen LogP contribution in [0.15, 0.2) is 10.5 Å². The number of furan rings is 1. The summed E-state index contributed by atoms with van der Waals surface area (Å²) in [5.74, 6) is 2.28. The molecule has 2 unspecified atom stereocenters. The van der Waals surface area contributed by atoms with Crippen molar-refractivity contribution in [1.29, 1.82) is 0 Å². The summed E-state index contributed by atoms with van der Waals surface area (Å²) in [5.41, 5.74) is 2.17. The minimum atomic E-state index is 0.327. The van der Waals surface area contributed by atoms with Gasteiger partial charge in [0.05, 0.1) is 0 Å². The van der Waals surface area contributed by atoms with E-state index in [1.54, 1.807) is 0 Å². The highest BCUT2D eigenvalue weighted by Gasteiger charge is 2.39. The van der Waals surface area contributed by atoms with Crippen molar-refractivity contribution in [3.8, 4) is 0 Å². The van der Waals surface area contributed by atoms with Gasteiger partial charge in [0.2, 0.25) is 0 Å². The fraction of sp³-hybridized carbons (Fsp3) is 0.789. The predicted molar refractivity (Wildman–Crippen MR) is 87.5 cm³/mol. The van der Waals surface area contributed by atoms with Gasteiger partial charge in [0.1, 0.15) is 11.5 Å². The summed E-state index contributed by atoms with van der Waals surface area (Å²) in [7, 11) is 0. The zero-order valence-corrected chi connectivity index (χ0v) is 14.4. The lowest BCUT2D eigenvalue weighted by molar-refractivity contribution is 0.134. The monoisotopic (exact) mass is 289 g/mol. The average molecular weight is 289 g/mol. The first kappa shape index (κ1) is 15.1. The van der Waals surface area contributed by atoms with Crippen molar-refractivity contribution in [2.75, 3.05) is 0 Å². The number of rotatable bonds is 2. The fourth-order valence-corrected chi connectivity index (χ4v) is 4.38. The molecule has 1 saturated carbocycles. The minimum Gasteiger partial charge on any atom is -0.466 e. The molecule has 2 heteroatoms. The Kier molecular flexibility index (Phi) is 3.72. The molecule has 0 bridgehead atoms. The van der Waals surface area contributed by atoms with Crippen molar-refractivity contribution in [1.82, 2.24) is 5.32 Å². The molecule has 0 saturated heterocycles. The first-order valence-corrected chi connectivity index (χ1v) is 8.62. The Morgan fingerprint density at radius 3 is 2.67 bits per heavy atom. The summed E-state index contributed by atoms with van der Waals surface area (Å²) in [6.07, 6.45) is 7.70. The van der Waals surface area contributed by atoms with Crippen molar-refractivity contribution in [3.63, 3.8) is 0 Å². The third kappa shape index (κ3) is 3.06. The number of hydrogen-bond acceptors (Lipinski definition) is 2. The molecule has 1 heterocycles. The molecule has 0 aliphatic heterocycles. The topological polar surface area (TPSA) is 25.2 Å². The van der Waals surface area contributed by atoms with Gasteiger partial charge in [-0.2, -0.15) is 0 Å². The van der Waals surface area contributed by atoms with Crippen LogP contribution in [0, 0.1) is 17.8 Å². The number of fused-ring (bicyclic) bond motifs is 1. The van der Waals surface area contributed by atoms with Crippen LogP contribution in [-0.4, -0.2) is 6.04 Å². The van der Waals surface area contributed by atoms with Crippen LogP contribution in [0.25, 0.3) is 0 Å². The van der Waals surface area contributed by atoms with E-state index >= 15 is 0 Å². The first-order valence-electron chi connectivity index (χ1n) is 8.62. The molecule has 118 valence electrons. The van der Waals surface area contributed by atoms with Crippen LogP contribution in [0.2, 0.25) is 0 Å². The Hall–Kier alpha value is -0.760. The van der Waals surface area contributed by atoms with Gasteiger partial charge in [-0.3, -0.25) is 0 Å². The number of nitrogens with one attached hydrogen (secondary N) is 1. The van der Waals surface area contributed by atoms with E-state index in [4.69, 9.17) is 4.42 Å². The number of hydrogen-bond donors (Lipinski definition) is 1. The Bertz CT molecular complexity index is 512. The summed E-state index contributed by atoms with van der Waals surface area (Å²) < 4.78 is 5.97. The summed E-state index contributed by atoms with van der Waals surface area (Å²) in [6, 6.07) is 3.36. The van der Waals surface area contributed by atoms with Crippen LogP contribution in [-0.2, 0) is 6.42 Å². The highest BCUT2D eigenvalue weighted by atomic mass is 16.3. The Morgan fingerprint density at radius 2 is 1.95 bits per heavy atom. The third-order valence-electron chi connectivity index (χ3n) is 5.65. The van der Waals surface area contributed by atoms with Gasteiger partial charge in [0.25, 0.3) is 0 Å². The SMILES string of the molecule is Cc1cc2c(o1)CC(C)(C)CC2NC1CCCCC1(C)C. The molecule has 1 fully saturated rings. The average Bonchev–Trinajstić information content (AvgIpc) is 2.70. The van der Waals surface area contributed by atoms with E-state index in [1.807, 2.05) is 0 Å². The maximum Gasteiger partial charge on any atom is 0.109 e. The maximum atomic E-state index is 5.97.